The van der Waals surface area contributed by atoms with Gasteiger partial charge in [-0.05, 0) is 88.3 Å². The molecule has 11 rings (SSSR count). The lowest BCUT2D eigenvalue weighted by molar-refractivity contribution is 0.669. The number of anilines is 3. The molecule has 2 heterocycles. The fourth-order valence-corrected chi connectivity index (χ4v) is 8.48. The number of hydrogen-bond acceptors (Lipinski definition) is 2. The van der Waals surface area contributed by atoms with Crippen molar-refractivity contribution in [3.8, 4) is 27.9 Å². The Balaban J connectivity index is 1.14. The number of fused-ring (bicyclic) bond motifs is 8. The van der Waals surface area contributed by atoms with Crippen molar-refractivity contribution in [3.05, 3.63) is 206 Å². The average Bonchev–Trinajstić information content (AvgIpc) is 3.80. The van der Waals surface area contributed by atoms with Crippen LogP contribution in [0.2, 0.25) is 0 Å². The van der Waals surface area contributed by atoms with E-state index in [1.165, 1.54) is 43.7 Å². The predicted octanol–water partition coefficient (Wildman–Crippen LogP) is 14.6. The van der Waals surface area contributed by atoms with Crippen LogP contribution in [-0.2, 0) is 0 Å². The molecule has 0 unspecified atom stereocenters. The molecule has 0 aliphatic rings. The van der Waals surface area contributed by atoms with Crippen LogP contribution in [0.15, 0.2) is 211 Å². The summed E-state index contributed by atoms with van der Waals surface area (Å²) in [5, 5.41) is 7.18. The smallest absolute Gasteiger partial charge is 0.137 e. The fraction of sp³-hybridized carbons (Fsp3) is 0. The van der Waals surface area contributed by atoms with E-state index in [0.717, 1.165) is 55.8 Å². The van der Waals surface area contributed by atoms with Crippen molar-refractivity contribution in [1.29, 1.82) is 0 Å². The second-order valence-corrected chi connectivity index (χ2v) is 14.1. The minimum atomic E-state index is 0.866. The monoisotopic (exact) mass is 702 g/mol. The molecule has 11 aromatic rings. The largest absolute Gasteiger partial charge is 0.456 e. The van der Waals surface area contributed by atoms with Gasteiger partial charge in [-0.1, -0.05) is 140 Å². The van der Waals surface area contributed by atoms with E-state index in [1.54, 1.807) is 0 Å². The van der Waals surface area contributed by atoms with Crippen molar-refractivity contribution in [2.24, 2.45) is 0 Å². The van der Waals surface area contributed by atoms with Gasteiger partial charge in [-0.25, -0.2) is 0 Å². The Labute approximate surface area is 318 Å². The van der Waals surface area contributed by atoms with Crippen LogP contribution in [0.1, 0.15) is 0 Å². The van der Waals surface area contributed by atoms with Crippen LogP contribution in [0.4, 0.5) is 17.1 Å². The van der Waals surface area contributed by atoms with Gasteiger partial charge in [-0.15, -0.1) is 0 Å². The molecule has 0 bridgehead atoms. The topological polar surface area (TPSA) is 21.3 Å². The van der Waals surface area contributed by atoms with Gasteiger partial charge >= 0.3 is 0 Å². The number of benzene rings is 9. The summed E-state index contributed by atoms with van der Waals surface area (Å²) in [4.78, 5) is 2.35. The van der Waals surface area contributed by atoms with Gasteiger partial charge in [-0.3, -0.25) is 0 Å². The number of para-hydroxylation sites is 2. The lowest BCUT2D eigenvalue weighted by atomic mass is 9.97. The Morgan fingerprint density at radius 2 is 1.00 bits per heavy atom. The number of rotatable bonds is 6. The van der Waals surface area contributed by atoms with Gasteiger partial charge in [0, 0.05) is 55.7 Å². The number of hydrogen-bond donors (Lipinski definition) is 0. The van der Waals surface area contributed by atoms with Crippen molar-refractivity contribution in [2.45, 2.75) is 0 Å². The summed E-state index contributed by atoms with van der Waals surface area (Å²) >= 11 is 0. The minimum Gasteiger partial charge on any atom is -0.456 e. The molecule has 0 amide bonds. The highest BCUT2D eigenvalue weighted by molar-refractivity contribution is 6.22. The Morgan fingerprint density at radius 3 is 1.84 bits per heavy atom. The quantitative estimate of drug-likeness (QED) is 0.172. The molecule has 0 aliphatic heterocycles. The molecule has 0 radical (unpaired) electrons. The first-order valence-electron chi connectivity index (χ1n) is 18.8. The van der Waals surface area contributed by atoms with Crippen LogP contribution in [0.25, 0.3) is 82.5 Å². The van der Waals surface area contributed by atoms with Crippen LogP contribution in [0.5, 0.6) is 0 Å². The molecule has 0 N–H and O–H groups in total. The van der Waals surface area contributed by atoms with E-state index in [1.807, 2.05) is 12.1 Å². The third-order valence-electron chi connectivity index (χ3n) is 10.9. The van der Waals surface area contributed by atoms with Crippen LogP contribution in [-0.4, -0.2) is 4.57 Å². The van der Waals surface area contributed by atoms with Crippen molar-refractivity contribution >= 4 is 71.6 Å². The maximum Gasteiger partial charge on any atom is 0.137 e. The highest BCUT2D eigenvalue weighted by Gasteiger charge is 2.20. The summed E-state index contributed by atoms with van der Waals surface area (Å²) in [6.45, 7) is 0. The molecule has 3 nitrogen and oxygen atoms in total. The predicted molar refractivity (Wildman–Crippen MR) is 231 cm³/mol. The van der Waals surface area contributed by atoms with Gasteiger partial charge in [0.25, 0.3) is 0 Å². The normalized spacial score (nSPS) is 11.6. The summed E-state index contributed by atoms with van der Waals surface area (Å²) in [5.41, 5.74) is 13.2. The van der Waals surface area contributed by atoms with E-state index in [-0.39, 0.29) is 0 Å². The summed E-state index contributed by atoms with van der Waals surface area (Å²) in [6, 6.07) is 73.9. The molecule has 3 heteroatoms. The molecular weight excluding hydrogens is 669 g/mol. The van der Waals surface area contributed by atoms with E-state index in [0.29, 0.717) is 0 Å². The molecule has 0 saturated carbocycles. The standard InChI is InChI=1S/C52H34N2O/c1-3-14-35(15-4-1)37-17-11-21-40(32-37)53(42-29-31-46-45-24-9-10-27-49(45)55-50(46)34-42)41-22-12-18-38(33-41)43-25-13-26-48-51(43)47-30-28-36-16-7-8-23-44(36)52(47)54(48)39-19-5-2-6-20-39/h1-34H. The molecule has 2 aromatic heterocycles. The maximum atomic E-state index is 6.43. The number of furan rings is 1. The average molecular weight is 703 g/mol. The van der Waals surface area contributed by atoms with Gasteiger partial charge in [-0.2, -0.15) is 0 Å². The first-order chi connectivity index (χ1) is 27.3. The highest BCUT2D eigenvalue weighted by atomic mass is 16.3. The van der Waals surface area contributed by atoms with E-state index < -0.39 is 0 Å². The summed E-state index contributed by atoms with van der Waals surface area (Å²) in [6.07, 6.45) is 0. The van der Waals surface area contributed by atoms with Crippen molar-refractivity contribution in [1.82, 2.24) is 4.57 Å². The third kappa shape index (κ3) is 5.13. The second kappa shape index (κ2) is 12.6. The Kier molecular flexibility index (Phi) is 7.17. The first kappa shape index (κ1) is 31.2. The molecule has 0 fully saturated rings. The molecule has 0 atom stereocenters. The molecule has 0 spiro atoms. The molecule has 0 aliphatic carbocycles. The van der Waals surface area contributed by atoms with Crippen molar-refractivity contribution in [2.75, 3.05) is 4.90 Å². The highest BCUT2D eigenvalue weighted by Crippen LogP contribution is 2.44. The van der Waals surface area contributed by atoms with Crippen molar-refractivity contribution < 1.29 is 4.42 Å². The van der Waals surface area contributed by atoms with Gasteiger partial charge in [0.2, 0.25) is 0 Å². The molecule has 55 heavy (non-hydrogen) atoms. The summed E-state index contributed by atoms with van der Waals surface area (Å²) < 4.78 is 8.87. The Bertz CT molecular complexity index is 3210. The lowest BCUT2D eigenvalue weighted by Crippen LogP contribution is -2.10. The maximum absolute atomic E-state index is 6.43. The SMILES string of the molecule is c1ccc(-c2cccc(N(c3cccc(-c4cccc5c4c4ccc6ccccc6c4n5-c4ccccc4)c3)c3ccc4c(c3)oc3ccccc34)c2)cc1. The zero-order chi connectivity index (χ0) is 36.3. The van der Waals surface area contributed by atoms with Crippen LogP contribution < -0.4 is 4.90 Å². The zero-order valence-corrected chi connectivity index (χ0v) is 29.9. The summed E-state index contributed by atoms with van der Waals surface area (Å²) in [5.74, 6) is 0. The van der Waals surface area contributed by atoms with E-state index >= 15 is 0 Å². The van der Waals surface area contributed by atoms with Crippen LogP contribution in [0.3, 0.4) is 0 Å². The van der Waals surface area contributed by atoms with Gasteiger partial charge in [0.05, 0.1) is 11.0 Å². The zero-order valence-electron chi connectivity index (χ0n) is 29.9. The lowest BCUT2D eigenvalue weighted by Gasteiger charge is -2.26. The fourth-order valence-electron chi connectivity index (χ4n) is 8.48. The van der Waals surface area contributed by atoms with Gasteiger partial charge in [0.1, 0.15) is 11.2 Å². The van der Waals surface area contributed by atoms with E-state index in [9.17, 15) is 0 Å². The van der Waals surface area contributed by atoms with E-state index in [2.05, 4.69) is 204 Å². The molecular formula is C52H34N2O. The third-order valence-corrected chi connectivity index (χ3v) is 10.9. The van der Waals surface area contributed by atoms with E-state index in [4.69, 9.17) is 4.42 Å². The molecule has 9 aromatic carbocycles. The Morgan fingerprint density at radius 1 is 0.382 bits per heavy atom. The van der Waals surface area contributed by atoms with Gasteiger partial charge in [0.15, 0.2) is 0 Å². The second-order valence-electron chi connectivity index (χ2n) is 14.1. The van der Waals surface area contributed by atoms with Crippen LogP contribution >= 0.6 is 0 Å². The van der Waals surface area contributed by atoms with Crippen LogP contribution in [0, 0.1) is 0 Å². The molecule has 258 valence electrons. The minimum absolute atomic E-state index is 0.866. The van der Waals surface area contributed by atoms with Gasteiger partial charge < -0.3 is 13.9 Å². The number of nitrogens with zero attached hydrogens (tertiary/aromatic N) is 2. The summed E-state index contributed by atoms with van der Waals surface area (Å²) in [7, 11) is 0. The Hall–Kier alpha value is -7.36. The first-order valence-corrected chi connectivity index (χ1v) is 18.8. The van der Waals surface area contributed by atoms with Crippen molar-refractivity contribution in [3.63, 3.8) is 0 Å². The number of aromatic nitrogens is 1. The molecule has 0 saturated heterocycles.